The molecule has 0 saturated carbocycles. The number of hydrazine groups is 1. The van der Waals surface area contributed by atoms with Gasteiger partial charge in [-0.2, -0.15) is 0 Å². The van der Waals surface area contributed by atoms with Crippen molar-refractivity contribution < 1.29 is 13.6 Å². The summed E-state index contributed by atoms with van der Waals surface area (Å²) >= 11 is 0. The van der Waals surface area contributed by atoms with E-state index in [0.717, 1.165) is 17.1 Å². The van der Waals surface area contributed by atoms with Crippen LogP contribution >= 0.6 is 0 Å². The summed E-state index contributed by atoms with van der Waals surface area (Å²) in [5.41, 5.74) is 10.9. The van der Waals surface area contributed by atoms with Crippen LogP contribution < -0.4 is 32.5 Å². The molecular weight excluding hydrogens is 282 g/mol. The molecule has 2 rings (SSSR count). The van der Waals surface area contributed by atoms with Gasteiger partial charge in [0.2, 0.25) is 5.91 Å². The number of amides is 1. The first-order valence-corrected chi connectivity index (χ1v) is 6.13. The SMILES string of the molecule is NC/C(N)=C/N(N)c1cc(F)c(N2CNC(=O)C2)c(F)c1. The Kier molecular flexibility index (Phi) is 4.24. The van der Waals surface area contributed by atoms with Crippen molar-refractivity contribution in [3.8, 4) is 0 Å². The van der Waals surface area contributed by atoms with Gasteiger partial charge in [-0.15, -0.1) is 0 Å². The van der Waals surface area contributed by atoms with E-state index in [-0.39, 0.29) is 42.7 Å². The van der Waals surface area contributed by atoms with Gasteiger partial charge in [0.15, 0.2) is 11.6 Å². The second-order valence-corrected chi connectivity index (χ2v) is 4.53. The van der Waals surface area contributed by atoms with Gasteiger partial charge in [-0.25, -0.2) is 14.6 Å². The molecule has 0 atom stereocenters. The number of nitrogens with one attached hydrogen (secondary N) is 1. The highest BCUT2D eigenvalue weighted by Gasteiger charge is 2.25. The van der Waals surface area contributed by atoms with E-state index in [4.69, 9.17) is 17.3 Å². The van der Waals surface area contributed by atoms with E-state index in [1.165, 1.54) is 11.1 Å². The highest BCUT2D eigenvalue weighted by atomic mass is 19.1. The number of hydrogen-bond acceptors (Lipinski definition) is 6. The second kappa shape index (κ2) is 5.94. The Balaban J connectivity index is 2.31. The summed E-state index contributed by atoms with van der Waals surface area (Å²) in [7, 11) is 0. The molecule has 1 saturated heterocycles. The predicted octanol–water partition coefficient (Wildman–Crippen LogP) is -0.703. The second-order valence-electron chi connectivity index (χ2n) is 4.53. The van der Waals surface area contributed by atoms with E-state index < -0.39 is 11.6 Å². The fraction of sp³-hybridized carbons (Fsp3) is 0.250. The number of benzene rings is 1. The first-order chi connectivity index (χ1) is 9.92. The quantitative estimate of drug-likeness (QED) is 0.432. The third-order valence-electron chi connectivity index (χ3n) is 2.96. The summed E-state index contributed by atoms with van der Waals surface area (Å²) in [5.74, 6) is 3.70. The molecule has 0 aromatic heterocycles. The van der Waals surface area contributed by atoms with Crippen LogP contribution in [-0.4, -0.2) is 25.7 Å². The Hall–Kier alpha value is -2.39. The number of halogens is 2. The molecule has 0 spiro atoms. The maximum Gasteiger partial charge on any atom is 0.240 e. The van der Waals surface area contributed by atoms with Crippen LogP contribution in [-0.2, 0) is 4.79 Å². The van der Waals surface area contributed by atoms with Crippen molar-refractivity contribution in [3.63, 3.8) is 0 Å². The Bertz CT molecular complexity index is 568. The number of rotatable bonds is 4. The number of carbonyl (C=O) groups is 1. The van der Waals surface area contributed by atoms with Gasteiger partial charge in [-0.05, 0) is 0 Å². The van der Waals surface area contributed by atoms with Gasteiger partial charge in [0.25, 0.3) is 0 Å². The lowest BCUT2D eigenvalue weighted by Crippen LogP contribution is -2.28. The van der Waals surface area contributed by atoms with Crippen molar-refractivity contribution in [2.45, 2.75) is 0 Å². The van der Waals surface area contributed by atoms with Crippen LogP contribution in [0.1, 0.15) is 0 Å². The zero-order chi connectivity index (χ0) is 15.6. The number of nitrogens with zero attached hydrogens (tertiary/aromatic N) is 2. The largest absolute Gasteiger partial charge is 0.400 e. The molecule has 0 unspecified atom stereocenters. The third kappa shape index (κ3) is 3.20. The molecule has 0 bridgehead atoms. The molecule has 1 aromatic rings. The van der Waals surface area contributed by atoms with Crippen LogP contribution in [0.4, 0.5) is 20.2 Å². The topological polar surface area (TPSA) is 114 Å². The van der Waals surface area contributed by atoms with Crippen LogP contribution in [0.25, 0.3) is 0 Å². The van der Waals surface area contributed by atoms with Gasteiger partial charge in [0.05, 0.1) is 18.9 Å². The molecule has 7 nitrogen and oxygen atoms in total. The van der Waals surface area contributed by atoms with Gasteiger partial charge in [-0.1, -0.05) is 0 Å². The highest BCUT2D eigenvalue weighted by Crippen LogP contribution is 2.28. The van der Waals surface area contributed by atoms with Crippen molar-refractivity contribution in [2.75, 3.05) is 29.7 Å². The van der Waals surface area contributed by atoms with Crippen LogP contribution in [0, 0.1) is 11.6 Å². The van der Waals surface area contributed by atoms with Crippen molar-refractivity contribution in [2.24, 2.45) is 17.3 Å². The summed E-state index contributed by atoms with van der Waals surface area (Å²) in [4.78, 5) is 12.4. The van der Waals surface area contributed by atoms with Crippen molar-refractivity contribution in [3.05, 3.63) is 35.7 Å². The Labute approximate surface area is 119 Å². The van der Waals surface area contributed by atoms with E-state index in [0.29, 0.717) is 0 Å². The summed E-state index contributed by atoms with van der Waals surface area (Å²) in [6.07, 6.45) is 1.27. The Morgan fingerprint density at radius 2 is 2.05 bits per heavy atom. The molecule has 0 radical (unpaired) electrons. The lowest BCUT2D eigenvalue weighted by molar-refractivity contribution is -0.118. The van der Waals surface area contributed by atoms with Gasteiger partial charge < -0.3 is 21.7 Å². The standard InChI is InChI=1S/C12H16F2N6O/c13-9-1-8(20(17)4-7(16)3-15)2-10(14)12(9)19-5-11(21)18-6-19/h1-2,4H,3,5-6,15-17H2,(H,18,21)/b7-4-. The molecule has 7 N–H and O–H groups in total. The zero-order valence-electron chi connectivity index (χ0n) is 11.1. The predicted molar refractivity (Wildman–Crippen MR) is 74.7 cm³/mol. The number of anilines is 2. The molecule has 21 heavy (non-hydrogen) atoms. The van der Waals surface area contributed by atoms with E-state index in [9.17, 15) is 13.6 Å². The molecule has 114 valence electrons. The molecular formula is C12H16F2N6O. The monoisotopic (exact) mass is 298 g/mol. The first-order valence-electron chi connectivity index (χ1n) is 6.13. The molecule has 1 aromatic carbocycles. The molecule has 1 aliphatic heterocycles. The van der Waals surface area contributed by atoms with Gasteiger partial charge in [-0.3, -0.25) is 9.80 Å². The Morgan fingerprint density at radius 1 is 1.43 bits per heavy atom. The normalized spacial score (nSPS) is 15.3. The zero-order valence-corrected chi connectivity index (χ0v) is 11.1. The highest BCUT2D eigenvalue weighted by molar-refractivity contribution is 5.84. The molecule has 0 aliphatic carbocycles. The van der Waals surface area contributed by atoms with E-state index >= 15 is 0 Å². The molecule has 9 heteroatoms. The van der Waals surface area contributed by atoms with Crippen LogP contribution in [0.2, 0.25) is 0 Å². The van der Waals surface area contributed by atoms with Crippen LogP contribution in [0.15, 0.2) is 24.0 Å². The fourth-order valence-corrected chi connectivity index (χ4v) is 1.94. The summed E-state index contributed by atoms with van der Waals surface area (Å²) in [6.45, 7) is 0.0240. The van der Waals surface area contributed by atoms with Crippen LogP contribution in [0.5, 0.6) is 0 Å². The third-order valence-corrected chi connectivity index (χ3v) is 2.96. The van der Waals surface area contributed by atoms with E-state index in [1.807, 2.05) is 0 Å². The molecule has 1 aliphatic rings. The maximum atomic E-state index is 14.1. The maximum absolute atomic E-state index is 14.1. The van der Waals surface area contributed by atoms with Crippen LogP contribution in [0.3, 0.4) is 0 Å². The van der Waals surface area contributed by atoms with Crippen molar-refractivity contribution >= 4 is 17.3 Å². The summed E-state index contributed by atoms with van der Waals surface area (Å²) in [6, 6.07) is 2.11. The number of nitrogens with two attached hydrogens (primary N) is 3. The summed E-state index contributed by atoms with van der Waals surface area (Å²) < 4.78 is 28.2. The molecule has 1 fully saturated rings. The average molecular weight is 298 g/mol. The average Bonchev–Trinajstić information content (AvgIpc) is 2.84. The smallest absolute Gasteiger partial charge is 0.240 e. The minimum atomic E-state index is -0.823. The van der Waals surface area contributed by atoms with E-state index in [1.54, 1.807) is 0 Å². The first kappa shape index (κ1) is 15.0. The number of hydrogen-bond donors (Lipinski definition) is 4. The lowest BCUT2D eigenvalue weighted by atomic mass is 10.2. The van der Waals surface area contributed by atoms with Gasteiger partial charge in [0, 0.05) is 30.6 Å². The van der Waals surface area contributed by atoms with Crippen molar-refractivity contribution in [1.29, 1.82) is 0 Å². The minimum absolute atomic E-state index is 0.0540. The Morgan fingerprint density at radius 3 is 2.52 bits per heavy atom. The number of carbonyl (C=O) groups excluding carboxylic acids is 1. The lowest BCUT2D eigenvalue weighted by Gasteiger charge is -2.20. The van der Waals surface area contributed by atoms with E-state index in [2.05, 4.69) is 5.32 Å². The minimum Gasteiger partial charge on any atom is -0.400 e. The van der Waals surface area contributed by atoms with Gasteiger partial charge in [0.1, 0.15) is 5.69 Å². The fourth-order valence-electron chi connectivity index (χ4n) is 1.94. The van der Waals surface area contributed by atoms with Gasteiger partial charge >= 0.3 is 0 Å². The summed E-state index contributed by atoms with van der Waals surface area (Å²) in [5, 5.41) is 3.45. The molecule has 1 amide bonds. The molecule has 1 heterocycles. The van der Waals surface area contributed by atoms with Crippen molar-refractivity contribution in [1.82, 2.24) is 5.32 Å².